The van der Waals surface area contributed by atoms with Crippen molar-refractivity contribution in [2.75, 3.05) is 17.1 Å². The van der Waals surface area contributed by atoms with E-state index < -0.39 is 16.1 Å². The second-order valence-corrected chi connectivity index (χ2v) is 14.3. The molecule has 236 valence electrons. The average molecular weight is 679 g/mol. The lowest BCUT2D eigenvalue weighted by molar-refractivity contribution is -0.141. The minimum absolute atomic E-state index is 0.00332. The maximum atomic E-state index is 14.1. The number of anilines is 1. The molecule has 0 heterocycles. The number of carbonyl (C=O) groups is 2. The van der Waals surface area contributed by atoms with Gasteiger partial charge in [0, 0.05) is 52.6 Å². The molecule has 0 saturated heterocycles. The van der Waals surface area contributed by atoms with Crippen LogP contribution in [-0.4, -0.2) is 50.0 Å². The van der Waals surface area contributed by atoms with E-state index in [1.807, 2.05) is 30.3 Å². The molecule has 0 aliphatic heterocycles. The highest BCUT2D eigenvalue weighted by atomic mass is 35.5. The van der Waals surface area contributed by atoms with Gasteiger partial charge in [0.05, 0.1) is 11.9 Å². The lowest BCUT2D eigenvalue weighted by Crippen LogP contribution is -2.53. The molecule has 0 spiro atoms. The Labute approximate surface area is 275 Å². The first-order valence-electron chi connectivity index (χ1n) is 14.8. The van der Waals surface area contributed by atoms with Crippen molar-refractivity contribution in [2.24, 2.45) is 0 Å². The van der Waals surface area contributed by atoms with Crippen LogP contribution in [0.1, 0.15) is 56.1 Å². The van der Waals surface area contributed by atoms with E-state index in [0.29, 0.717) is 32.7 Å². The summed E-state index contributed by atoms with van der Waals surface area (Å²) in [7, 11) is -3.65. The van der Waals surface area contributed by atoms with Crippen LogP contribution in [0.15, 0.2) is 72.8 Å². The molecule has 0 aromatic heterocycles. The molecule has 0 radical (unpaired) electrons. The molecule has 1 fully saturated rings. The van der Waals surface area contributed by atoms with Gasteiger partial charge in [-0.3, -0.25) is 13.9 Å². The van der Waals surface area contributed by atoms with E-state index in [9.17, 15) is 18.0 Å². The van der Waals surface area contributed by atoms with Crippen molar-refractivity contribution >= 4 is 62.3 Å². The Kier molecular flexibility index (Phi) is 12.4. The van der Waals surface area contributed by atoms with Gasteiger partial charge >= 0.3 is 0 Å². The summed E-state index contributed by atoms with van der Waals surface area (Å²) in [6, 6.07) is 20.5. The first kappa shape index (κ1) is 34.1. The molecule has 1 aliphatic rings. The van der Waals surface area contributed by atoms with Gasteiger partial charge in [-0.1, -0.05) is 96.5 Å². The number of benzene rings is 3. The van der Waals surface area contributed by atoms with E-state index in [0.717, 1.165) is 43.9 Å². The molecular formula is C33H38Cl3N3O4S. The molecule has 0 unspecified atom stereocenters. The predicted octanol–water partition coefficient (Wildman–Crippen LogP) is 7.28. The smallest absolute Gasteiger partial charge is 0.243 e. The Balaban J connectivity index is 1.62. The summed E-state index contributed by atoms with van der Waals surface area (Å²) < 4.78 is 26.6. The first-order chi connectivity index (χ1) is 21.0. The van der Waals surface area contributed by atoms with E-state index in [-0.39, 0.29) is 43.8 Å². The Hall–Kier alpha value is -2.78. The second-order valence-electron chi connectivity index (χ2n) is 11.2. The van der Waals surface area contributed by atoms with Crippen molar-refractivity contribution in [3.63, 3.8) is 0 Å². The highest BCUT2D eigenvalue weighted by Gasteiger charge is 2.33. The number of rotatable bonds is 13. The van der Waals surface area contributed by atoms with Crippen molar-refractivity contribution in [3.8, 4) is 0 Å². The molecular weight excluding hydrogens is 641 g/mol. The Morgan fingerprint density at radius 3 is 2.20 bits per heavy atom. The van der Waals surface area contributed by atoms with Crippen molar-refractivity contribution in [1.29, 1.82) is 0 Å². The molecule has 1 N–H and O–H groups in total. The SMILES string of the molecule is CS(=O)(=O)N(CCCC(=O)N(Cc1c(Cl)cccc1Cl)[C@@H](Cc1ccccc1)C(=O)NC1CCCCC1)c1cccc(Cl)c1. The van der Waals surface area contributed by atoms with Crippen LogP contribution in [0.5, 0.6) is 0 Å². The topological polar surface area (TPSA) is 86.8 Å². The van der Waals surface area contributed by atoms with Crippen LogP contribution in [0.25, 0.3) is 0 Å². The summed E-state index contributed by atoms with van der Waals surface area (Å²) in [4.78, 5) is 29.6. The fraction of sp³-hybridized carbons (Fsp3) is 0.394. The highest BCUT2D eigenvalue weighted by molar-refractivity contribution is 7.92. The molecule has 1 atom stereocenters. The molecule has 11 heteroatoms. The zero-order chi connectivity index (χ0) is 31.7. The van der Waals surface area contributed by atoms with Crippen LogP contribution in [0.2, 0.25) is 15.1 Å². The van der Waals surface area contributed by atoms with Crippen molar-refractivity contribution < 1.29 is 18.0 Å². The predicted molar refractivity (Wildman–Crippen MR) is 179 cm³/mol. The van der Waals surface area contributed by atoms with Gasteiger partial charge in [0.1, 0.15) is 6.04 Å². The van der Waals surface area contributed by atoms with Gasteiger partial charge in [0.25, 0.3) is 0 Å². The summed E-state index contributed by atoms with van der Waals surface area (Å²) in [6.45, 7) is 0.0836. The summed E-state index contributed by atoms with van der Waals surface area (Å²) in [5, 5.41) is 4.41. The van der Waals surface area contributed by atoms with Gasteiger partial charge in [-0.15, -0.1) is 0 Å². The third kappa shape index (κ3) is 9.61. The van der Waals surface area contributed by atoms with Gasteiger partial charge in [-0.25, -0.2) is 8.42 Å². The molecule has 0 bridgehead atoms. The number of hydrogen-bond acceptors (Lipinski definition) is 4. The van der Waals surface area contributed by atoms with Crippen molar-refractivity contribution in [2.45, 2.75) is 70.0 Å². The van der Waals surface area contributed by atoms with Gasteiger partial charge < -0.3 is 10.2 Å². The molecule has 7 nitrogen and oxygen atoms in total. The fourth-order valence-electron chi connectivity index (χ4n) is 5.59. The molecule has 1 saturated carbocycles. The third-order valence-corrected chi connectivity index (χ3v) is 10.00. The van der Waals surface area contributed by atoms with Gasteiger partial charge in [-0.05, 0) is 55.2 Å². The van der Waals surface area contributed by atoms with Gasteiger partial charge in [-0.2, -0.15) is 0 Å². The Bertz CT molecular complexity index is 1510. The van der Waals surface area contributed by atoms with E-state index in [1.165, 1.54) is 4.31 Å². The average Bonchev–Trinajstić information content (AvgIpc) is 2.98. The van der Waals surface area contributed by atoms with Crippen LogP contribution in [0.4, 0.5) is 5.69 Å². The number of nitrogens with zero attached hydrogens (tertiary/aromatic N) is 2. The zero-order valence-corrected chi connectivity index (χ0v) is 27.8. The molecule has 3 aromatic carbocycles. The summed E-state index contributed by atoms with van der Waals surface area (Å²) >= 11 is 19.2. The fourth-order valence-corrected chi connectivity index (χ4v) is 7.25. The molecule has 2 amide bonds. The standard InChI is InChI=1S/C33H38Cl3N3O4S/c1-44(42,43)39(27-16-8-13-25(34)22-27)20-10-19-32(40)38(23-28-29(35)17-9-18-30(28)36)31(21-24-11-4-2-5-12-24)33(41)37-26-14-6-3-7-15-26/h2,4-5,8-9,11-13,16-18,22,26,31H,3,6-7,10,14-15,19-21,23H2,1H3,(H,37,41)/t31-/m0/s1. The lowest BCUT2D eigenvalue weighted by Gasteiger charge is -2.34. The molecule has 4 rings (SSSR count). The highest BCUT2D eigenvalue weighted by Crippen LogP contribution is 2.28. The normalized spacial score (nSPS) is 14.5. The summed E-state index contributed by atoms with van der Waals surface area (Å²) in [5.74, 6) is -0.533. The lowest BCUT2D eigenvalue weighted by atomic mass is 9.94. The number of carbonyl (C=O) groups excluding carboxylic acids is 2. The van der Waals surface area contributed by atoms with Crippen molar-refractivity contribution in [1.82, 2.24) is 10.2 Å². The largest absolute Gasteiger partial charge is 0.352 e. The number of amides is 2. The third-order valence-electron chi connectivity index (χ3n) is 7.86. The maximum Gasteiger partial charge on any atom is 0.243 e. The number of hydrogen-bond donors (Lipinski definition) is 1. The molecule has 3 aromatic rings. The first-order valence-corrected chi connectivity index (χ1v) is 17.8. The van der Waals surface area contributed by atoms with E-state index in [2.05, 4.69) is 5.32 Å². The monoisotopic (exact) mass is 677 g/mol. The van der Waals surface area contributed by atoms with E-state index >= 15 is 0 Å². The van der Waals surface area contributed by atoms with Crippen molar-refractivity contribution in [3.05, 3.63) is 99.0 Å². The maximum absolute atomic E-state index is 14.1. The van der Waals surface area contributed by atoms with Crippen LogP contribution in [-0.2, 0) is 32.6 Å². The number of sulfonamides is 1. The van der Waals surface area contributed by atoms with E-state index in [1.54, 1.807) is 47.4 Å². The minimum Gasteiger partial charge on any atom is -0.352 e. The Morgan fingerprint density at radius 2 is 1.57 bits per heavy atom. The van der Waals surface area contributed by atoms with Crippen LogP contribution < -0.4 is 9.62 Å². The zero-order valence-electron chi connectivity index (χ0n) is 24.7. The molecule has 44 heavy (non-hydrogen) atoms. The summed E-state index contributed by atoms with van der Waals surface area (Å²) in [6.07, 6.45) is 6.68. The van der Waals surface area contributed by atoms with Crippen LogP contribution in [0.3, 0.4) is 0 Å². The Morgan fingerprint density at radius 1 is 0.909 bits per heavy atom. The number of nitrogens with one attached hydrogen (secondary N) is 1. The molecule has 1 aliphatic carbocycles. The second kappa shape index (κ2) is 16.0. The van der Waals surface area contributed by atoms with E-state index in [4.69, 9.17) is 34.8 Å². The van der Waals surface area contributed by atoms with Gasteiger partial charge in [0.2, 0.25) is 21.8 Å². The van der Waals surface area contributed by atoms with Crippen LogP contribution >= 0.6 is 34.8 Å². The van der Waals surface area contributed by atoms with Gasteiger partial charge in [0.15, 0.2) is 0 Å². The quantitative estimate of drug-likeness (QED) is 0.206. The number of halogens is 3. The summed E-state index contributed by atoms with van der Waals surface area (Å²) in [5.41, 5.74) is 1.87. The minimum atomic E-state index is -3.65. The van der Waals surface area contributed by atoms with Crippen LogP contribution in [0, 0.1) is 0 Å².